The molecule has 0 saturated carbocycles. The molecule has 2 rings (SSSR count). The van der Waals surface area contributed by atoms with E-state index < -0.39 is 0 Å². The molecule has 1 aromatic rings. The fourth-order valence-electron chi connectivity index (χ4n) is 1.75. The number of benzene rings is 1. The molecule has 0 aliphatic carbocycles. The van der Waals surface area contributed by atoms with Crippen LogP contribution < -0.4 is 5.32 Å². The zero-order valence-corrected chi connectivity index (χ0v) is 8.99. The summed E-state index contributed by atoms with van der Waals surface area (Å²) in [7, 11) is 3.27. The molecule has 0 radical (unpaired) electrons. The van der Waals surface area contributed by atoms with Crippen molar-refractivity contribution < 1.29 is 9.47 Å². The fourth-order valence-corrected chi connectivity index (χ4v) is 1.75. The molecule has 80 valence electrons. The normalized spacial score (nSPS) is 14.5. The van der Waals surface area contributed by atoms with Gasteiger partial charge in [0.25, 0.3) is 0 Å². The van der Waals surface area contributed by atoms with Crippen molar-refractivity contribution in [3.05, 3.63) is 41.1 Å². The molecule has 0 bridgehead atoms. The molecule has 0 amide bonds. The van der Waals surface area contributed by atoms with Crippen molar-refractivity contribution >= 4 is 6.08 Å². The standard InChI is InChI=1S/C12H15NO2/c1-14-12(15-2)11-7-9-5-3-4-6-10(9)8-13-11/h3-7,12-13H,8H2,1-2H3. The highest BCUT2D eigenvalue weighted by molar-refractivity contribution is 5.59. The Balaban J connectivity index is 2.28. The van der Waals surface area contributed by atoms with Crippen molar-refractivity contribution in [2.75, 3.05) is 14.2 Å². The first-order valence-corrected chi connectivity index (χ1v) is 4.94. The van der Waals surface area contributed by atoms with E-state index in [1.165, 1.54) is 11.1 Å². The Bertz CT molecular complexity index is 370. The van der Waals surface area contributed by atoms with Gasteiger partial charge in [0.05, 0.1) is 5.70 Å². The van der Waals surface area contributed by atoms with Crippen LogP contribution in [0.1, 0.15) is 11.1 Å². The molecule has 1 aliphatic rings. The molecule has 1 N–H and O–H groups in total. The second-order valence-electron chi connectivity index (χ2n) is 3.46. The molecule has 15 heavy (non-hydrogen) atoms. The second-order valence-corrected chi connectivity index (χ2v) is 3.46. The van der Waals surface area contributed by atoms with E-state index in [0.717, 1.165) is 12.2 Å². The van der Waals surface area contributed by atoms with Crippen molar-refractivity contribution in [2.45, 2.75) is 12.8 Å². The number of fused-ring (bicyclic) bond motifs is 1. The maximum absolute atomic E-state index is 5.20. The van der Waals surface area contributed by atoms with E-state index in [2.05, 4.69) is 23.5 Å². The zero-order valence-electron chi connectivity index (χ0n) is 8.99. The monoisotopic (exact) mass is 205 g/mol. The lowest BCUT2D eigenvalue weighted by Gasteiger charge is -2.23. The summed E-state index contributed by atoms with van der Waals surface area (Å²) in [6.07, 6.45) is 1.76. The highest BCUT2D eigenvalue weighted by atomic mass is 16.7. The molecule has 0 saturated heterocycles. The maximum atomic E-state index is 5.20. The fraction of sp³-hybridized carbons (Fsp3) is 0.333. The predicted octanol–water partition coefficient (Wildman–Crippen LogP) is 1.75. The minimum absolute atomic E-state index is 0.307. The topological polar surface area (TPSA) is 30.5 Å². The van der Waals surface area contributed by atoms with Gasteiger partial charge < -0.3 is 14.8 Å². The predicted molar refractivity (Wildman–Crippen MR) is 59.1 cm³/mol. The molecule has 3 nitrogen and oxygen atoms in total. The van der Waals surface area contributed by atoms with E-state index in [0.29, 0.717) is 0 Å². The van der Waals surface area contributed by atoms with Crippen LogP contribution in [0, 0.1) is 0 Å². The van der Waals surface area contributed by atoms with Crippen LogP contribution >= 0.6 is 0 Å². The molecule has 0 unspecified atom stereocenters. The average molecular weight is 205 g/mol. The quantitative estimate of drug-likeness (QED) is 0.762. The molecule has 1 aromatic carbocycles. The lowest BCUT2D eigenvalue weighted by Crippen LogP contribution is -2.29. The minimum atomic E-state index is -0.307. The summed E-state index contributed by atoms with van der Waals surface area (Å²) in [5.74, 6) is 0. The van der Waals surface area contributed by atoms with E-state index in [1.54, 1.807) is 14.2 Å². The van der Waals surface area contributed by atoms with Gasteiger partial charge in [-0.3, -0.25) is 0 Å². The van der Waals surface area contributed by atoms with E-state index >= 15 is 0 Å². The first-order chi connectivity index (χ1) is 7.35. The van der Waals surface area contributed by atoms with Crippen molar-refractivity contribution in [3.63, 3.8) is 0 Å². The third-order valence-corrected chi connectivity index (χ3v) is 2.53. The van der Waals surface area contributed by atoms with Crippen LogP contribution in [0.5, 0.6) is 0 Å². The third kappa shape index (κ3) is 2.03. The van der Waals surface area contributed by atoms with Crippen LogP contribution in [0.2, 0.25) is 0 Å². The smallest absolute Gasteiger partial charge is 0.198 e. The van der Waals surface area contributed by atoms with Gasteiger partial charge in [-0.2, -0.15) is 0 Å². The zero-order chi connectivity index (χ0) is 10.7. The first-order valence-electron chi connectivity index (χ1n) is 4.94. The molecule has 0 atom stereocenters. The van der Waals surface area contributed by atoms with Gasteiger partial charge in [-0.05, 0) is 17.2 Å². The van der Waals surface area contributed by atoms with Crippen LogP contribution in [-0.4, -0.2) is 20.5 Å². The van der Waals surface area contributed by atoms with Gasteiger partial charge >= 0.3 is 0 Å². The Morgan fingerprint density at radius 3 is 2.67 bits per heavy atom. The summed E-state index contributed by atoms with van der Waals surface area (Å²) in [4.78, 5) is 0. The lowest BCUT2D eigenvalue weighted by molar-refractivity contribution is -0.0782. The molecule has 1 aliphatic heterocycles. The van der Waals surface area contributed by atoms with E-state index in [-0.39, 0.29) is 6.29 Å². The maximum Gasteiger partial charge on any atom is 0.198 e. The number of rotatable bonds is 3. The SMILES string of the molecule is COC(OC)C1=Cc2ccccc2CN1. The molecule has 1 heterocycles. The van der Waals surface area contributed by atoms with E-state index in [4.69, 9.17) is 9.47 Å². The number of hydrogen-bond donors (Lipinski definition) is 1. The van der Waals surface area contributed by atoms with Gasteiger partial charge in [0.2, 0.25) is 0 Å². The second kappa shape index (κ2) is 4.47. The van der Waals surface area contributed by atoms with Crippen LogP contribution in [0.25, 0.3) is 6.08 Å². The van der Waals surface area contributed by atoms with Gasteiger partial charge in [-0.25, -0.2) is 0 Å². The summed E-state index contributed by atoms with van der Waals surface area (Å²) >= 11 is 0. The van der Waals surface area contributed by atoms with E-state index in [1.807, 2.05) is 12.1 Å². The molecular weight excluding hydrogens is 190 g/mol. The van der Waals surface area contributed by atoms with Gasteiger partial charge in [-0.15, -0.1) is 0 Å². The number of ether oxygens (including phenoxy) is 2. The van der Waals surface area contributed by atoms with E-state index in [9.17, 15) is 0 Å². The highest BCUT2D eigenvalue weighted by Crippen LogP contribution is 2.20. The Labute approximate surface area is 89.7 Å². The molecule has 0 spiro atoms. The Kier molecular flexibility index (Phi) is 3.04. The van der Waals surface area contributed by atoms with Gasteiger partial charge in [0, 0.05) is 20.8 Å². The molecule has 0 fully saturated rings. The summed E-state index contributed by atoms with van der Waals surface area (Å²) in [6, 6.07) is 8.29. The number of methoxy groups -OCH3 is 2. The largest absolute Gasteiger partial charge is 0.380 e. The van der Waals surface area contributed by atoms with Crippen molar-refractivity contribution in [2.24, 2.45) is 0 Å². The number of hydrogen-bond acceptors (Lipinski definition) is 3. The summed E-state index contributed by atoms with van der Waals surface area (Å²) in [5, 5.41) is 3.29. The summed E-state index contributed by atoms with van der Waals surface area (Å²) < 4.78 is 10.4. The Hall–Kier alpha value is -1.32. The van der Waals surface area contributed by atoms with Gasteiger partial charge in [-0.1, -0.05) is 24.3 Å². The van der Waals surface area contributed by atoms with Gasteiger partial charge in [0.1, 0.15) is 0 Å². The van der Waals surface area contributed by atoms with Crippen LogP contribution in [-0.2, 0) is 16.0 Å². The van der Waals surface area contributed by atoms with Crippen molar-refractivity contribution in [1.82, 2.24) is 5.32 Å². The highest BCUT2D eigenvalue weighted by Gasteiger charge is 2.16. The summed E-state index contributed by atoms with van der Waals surface area (Å²) in [6.45, 7) is 0.825. The Morgan fingerprint density at radius 1 is 1.20 bits per heavy atom. The molecule has 0 aromatic heterocycles. The first kappa shape index (κ1) is 10.2. The van der Waals surface area contributed by atoms with Crippen LogP contribution in [0.15, 0.2) is 30.0 Å². The van der Waals surface area contributed by atoms with Crippen LogP contribution in [0.4, 0.5) is 0 Å². The average Bonchev–Trinajstić information content (AvgIpc) is 2.30. The van der Waals surface area contributed by atoms with Crippen molar-refractivity contribution in [1.29, 1.82) is 0 Å². The van der Waals surface area contributed by atoms with Crippen molar-refractivity contribution in [3.8, 4) is 0 Å². The Morgan fingerprint density at radius 2 is 1.93 bits per heavy atom. The minimum Gasteiger partial charge on any atom is -0.380 e. The third-order valence-electron chi connectivity index (χ3n) is 2.53. The van der Waals surface area contributed by atoms with Crippen LogP contribution in [0.3, 0.4) is 0 Å². The molecular formula is C12H15NO2. The summed E-state index contributed by atoms with van der Waals surface area (Å²) in [5.41, 5.74) is 3.50. The van der Waals surface area contributed by atoms with Gasteiger partial charge in [0.15, 0.2) is 6.29 Å². The molecule has 3 heteroatoms. The number of nitrogens with one attached hydrogen (secondary N) is 1. The lowest BCUT2D eigenvalue weighted by atomic mass is 10.0.